The average molecular weight is 246 g/mol. The Morgan fingerprint density at radius 2 is 2.28 bits per heavy atom. The van der Waals surface area contributed by atoms with Crippen LogP contribution in [0.3, 0.4) is 0 Å². The number of hydrogen-bond acceptors (Lipinski definition) is 3. The highest BCUT2D eigenvalue weighted by atomic mass is 16.2. The first-order valence-electron chi connectivity index (χ1n) is 6.22. The third-order valence-corrected chi connectivity index (χ3v) is 3.61. The molecule has 0 bridgehead atoms. The molecule has 96 valence electrons. The van der Waals surface area contributed by atoms with Crippen molar-refractivity contribution >= 4 is 5.91 Å². The van der Waals surface area contributed by atoms with Gasteiger partial charge in [0, 0.05) is 32.4 Å². The van der Waals surface area contributed by atoms with Gasteiger partial charge in [-0.25, -0.2) is 0 Å². The minimum Gasteiger partial charge on any atom is -0.340 e. The van der Waals surface area contributed by atoms with Crippen molar-refractivity contribution < 1.29 is 4.79 Å². The first kappa shape index (κ1) is 12.6. The minimum atomic E-state index is -0.781. The Bertz CT molecular complexity index is 479. The van der Waals surface area contributed by atoms with Gasteiger partial charge in [-0.15, -0.1) is 0 Å². The summed E-state index contributed by atoms with van der Waals surface area (Å²) >= 11 is 0. The van der Waals surface area contributed by atoms with Gasteiger partial charge >= 0.3 is 0 Å². The standard InChI is InChI=1S/C13H18N4O/c1-16(8-11-7-15-17(2)9-11)12(18)13(10-14)5-3-4-6-13/h7,9H,3-6,8H2,1-2H3. The van der Waals surface area contributed by atoms with E-state index < -0.39 is 5.41 Å². The molecule has 1 heterocycles. The van der Waals surface area contributed by atoms with E-state index in [1.807, 2.05) is 13.2 Å². The van der Waals surface area contributed by atoms with E-state index >= 15 is 0 Å². The molecular formula is C13H18N4O. The second-order valence-corrected chi connectivity index (χ2v) is 5.08. The Kier molecular flexibility index (Phi) is 3.37. The number of nitriles is 1. The fraction of sp³-hybridized carbons (Fsp3) is 0.615. The predicted molar refractivity (Wildman–Crippen MR) is 66.2 cm³/mol. The molecule has 1 amide bonds. The van der Waals surface area contributed by atoms with Gasteiger partial charge in [-0.2, -0.15) is 10.4 Å². The smallest absolute Gasteiger partial charge is 0.243 e. The van der Waals surface area contributed by atoms with E-state index in [9.17, 15) is 10.1 Å². The molecule has 0 spiro atoms. The molecule has 0 atom stereocenters. The van der Waals surface area contributed by atoms with Gasteiger partial charge in [-0.05, 0) is 12.8 Å². The van der Waals surface area contributed by atoms with Crippen LogP contribution in [0.2, 0.25) is 0 Å². The van der Waals surface area contributed by atoms with Gasteiger partial charge in [0.05, 0.1) is 12.3 Å². The molecular weight excluding hydrogens is 228 g/mol. The quantitative estimate of drug-likeness (QED) is 0.811. The monoisotopic (exact) mass is 246 g/mol. The van der Waals surface area contributed by atoms with Gasteiger partial charge in [-0.3, -0.25) is 9.48 Å². The van der Waals surface area contributed by atoms with E-state index in [0.717, 1.165) is 18.4 Å². The van der Waals surface area contributed by atoms with Crippen molar-refractivity contribution in [3.05, 3.63) is 18.0 Å². The maximum atomic E-state index is 12.4. The van der Waals surface area contributed by atoms with Crippen LogP contribution in [0, 0.1) is 16.7 Å². The van der Waals surface area contributed by atoms with Crippen molar-refractivity contribution in [1.82, 2.24) is 14.7 Å². The van der Waals surface area contributed by atoms with Crippen LogP contribution in [0.5, 0.6) is 0 Å². The van der Waals surface area contributed by atoms with Crippen molar-refractivity contribution in [2.45, 2.75) is 32.2 Å². The van der Waals surface area contributed by atoms with Crippen LogP contribution in [0.4, 0.5) is 0 Å². The maximum absolute atomic E-state index is 12.4. The molecule has 1 fully saturated rings. The maximum Gasteiger partial charge on any atom is 0.243 e. The second-order valence-electron chi connectivity index (χ2n) is 5.08. The molecule has 1 saturated carbocycles. The Hall–Kier alpha value is -1.83. The van der Waals surface area contributed by atoms with Crippen LogP contribution in [0.1, 0.15) is 31.2 Å². The van der Waals surface area contributed by atoms with E-state index in [-0.39, 0.29) is 5.91 Å². The van der Waals surface area contributed by atoms with Crippen LogP contribution in [-0.4, -0.2) is 27.6 Å². The van der Waals surface area contributed by atoms with E-state index in [1.54, 1.807) is 22.8 Å². The van der Waals surface area contributed by atoms with Gasteiger partial charge in [0.25, 0.3) is 0 Å². The molecule has 1 aromatic rings. The van der Waals surface area contributed by atoms with Crippen LogP contribution in [0.15, 0.2) is 12.4 Å². The summed E-state index contributed by atoms with van der Waals surface area (Å²) in [6.45, 7) is 0.510. The fourth-order valence-electron chi connectivity index (χ4n) is 2.62. The summed E-state index contributed by atoms with van der Waals surface area (Å²) in [6, 6.07) is 2.24. The number of carbonyl (C=O) groups excluding carboxylic acids is 1. The summed E-state index contributed by atoms with van der Waals surface area (Å²) < 4.78 is 1.71. The molecule has 0 unspecified atom stereocenters. The number of nitrogens with zero attached hydrogens (tertiary/aromatic N) is 4. The molecule has 0 saturated heterocycles. The zero-order valence-corrected chi connectivity index (χ0v) is 10.9. The molecule has 0 radical (unpaired) electrons. The van der Waals surface area contributed by atoms with E-state index in [2.05, 4.69) is 11.2 Å². The average Bonchev–Trinajstić information content (AvgIpc) is 2.98. The summed E-state index contributed by atoms with van der Waals surface area (Å²) in [5.41, 5.74) is 0.205. The largest absolute Gasteiger partial charge is 0.340 e. The van der Waals surface area contributed by atoms with Crippen molar-refractivity contribution in [2.75, 3.05) is 7.05 Å². The van der Waals surface area contributed by atoms with Crippen LogP contribution in [-0.2, 0) is 18.4 Å². The van der Waals surface area contributed by atoms with E-state index in [4.69, 9.17) is 0 Å². The van der Waals surface area contributed by atoms with Gasteiger partial charge < -0.3 is 4.90 Å². The summed E-state index contributed by atoms with van der Waals surface area (Å²) in [6.07, 6.45) is 6.97. The van der Waals surface area contributed by atoms with Crippen LogP contribution >= 0.6 is 0 Å². The van der Waals surface area contributed by atoms with Gasteiger partial charge in [0.1, 0.15) is 5.41 Å². The normalized spacial score (nSPS) is 17.4. The fourth-order valence-corrected chi connectivity index (χ4v) is 2.62. The van der Waals surface area contributed by atoms with Crippen molar-refractivity contribution in [3.8, 4) is 6.07 Å². The molecule has 0 aromatic carbocycles. The topological polar surface area (TPSA) is 61.9 Å². The molecule has 1 aliphatic carbocycles. The highest BCUT2D eigenvalue weighted by molar-refractivity contribution is 5.85. The summed E-state index contributed by atoms with van der Waals surface area (Å²) in [5, 5.41) is 13.4. The first-order valence-corrected chi connectivity index (χ1v) is 6.22. The highest BCUT2D eigenvalue weighted by Crippen LogP contribution is 2.39. The lowest BCUT2D eigenvalue weighted by molar-refractivity contribution is -0.138. The lowest BCUT2D eigenvalue weighted by Gasteiger charge is -2.26. The SMILES string of the molecule is CN(Cc1cnn(C)c1)C(=O)C1(C#N)CCCC1. The number of aromatic nitrogens is 2. The Balaban J connectivity index is 2.07. The van der Waals surface area contributed by atoms with Crippen LogP contribution in [0.25, 0.3) is 0 Å². The lowest BCUT2D eigenvalue weighted by Crippen LogP contribution is -2.39. The lowest BCUT2D eigenvalue weighted by atomic mass is 9.86. The van der Waals surface area contributed by atoms with Crippen molar-refractivity contribution in [2.24, 2.45) is 12.5 Å². The number of rotatable bonds is 3. The summed E-state index contributed by atoms with van der Waals surface area (Å²) in [7, 11) is 3.60. The molecule has 1 aliphatic rings. The summed E-state index contributed by atoms with van der Waals surface area (Å²) in [5.74, 6) is -0.0497. The number of hydrogen-bond donors (Lipinski definition) is 0. The van der Waals surface area contributed by atoms with E-state index in [1.165, 1.54) is 0 Å². The number of amides is 1. The number of aryl methyl sites for hydroxylation is 1. The Labute approximate surface area is 107 Å². The molecule has 2 rings (SSSR count). The van der Waals surface area contributed by atoms with Gasteiger partial charge in [0.2, 0.25) is 5.91 Å². The predicted octanol–water partition coefficient (Wildman–Crippen LogP) is 1.46. The van der Waals surface area contributed by atoms with Crippen molar-refractivity contribution in [3.63, 3.8) is 0 Å². The first-order chi connectivity index (χ1) is 8.57. The third kappa shape index (κ3) is 2.23. The zero-order valence-electron chi connectivity index (χ0n) is 10.9. The number of carbonyl (C=O) groups is 1. The Morgan fingerprint density at radius 3 is 2.78 bits per heavy atom. The molecule has 1 aromatic heterocycles. The van der Waals surface area contributed by atoms with Crippen molar-refractivity contribution in [1.29, 1.82) is 5.26 Å². The van der Waals surface area contributed by atoms with E-state index in [0.29, 0.717) is 19.4 Å². The molecule has 0 N–H and O–H groups in total. The second kappa shape index (κ2) is 4.81. The van der Waals surface area contributed by atoms with Gasteiger partial charge in [0.15, 0.2) is 0 Å². The Morgan fingerprint density at radius 1 is 1.61 bits per heavy atom. The minimum absolute atomic E-state index is 0.0497. The van der Waals surface area contributed by atoms with Gasteiger partial charge in [-0.1, -0.05) is 12.8 Å². The summed E-state index contributed by atoms with van der Waals surface area (Å²) in [4.78, 5) is 14.0. The zero-order chi connectivity index (χ0) is 13.2. The molecule has 5 nitrogen and oxygen atoms in total. The molecule has 0 aliphatic heterocycles. The molecule has 18 heavy (non-hydrogen) atoms. The third-order valence-electron chi connectivity index (χ3n) is 3.61. The van der Waals surface area contributed by atoms with Crippen LogP contribution < -0.4 is 0 Å². The highest BCUT2D eigenvalue weighted by Gasteiger charge is 2.43. The molecule has 5 heteroatoms.